The molecule has 0 spiro atoms. The summed E-state index contributed by atoms with van der Waals surface area (Å²) in [5.41, 5.74) is 1.50. The summed E-state index contributed by atoms with van der Waals surface area (Å²) in [5.74, 6) is 0.411. The Morgan fingerprint density at radius 3 is 2.18 bits per heavy atom. The van der Waals surface area contributed by atoms with Crippen LogP contribution in [0.15, 0.2) is 60.7 Å². The minimum absolute atomic E-state index is 0.0521. The van der Waals surface area contributed by atoms with Crippen LogP contribution in [0.1, 0.15) is 15.9 Å². The van der Waals surface area contributed by atoms with Gasteiger partial charge < -0.3 is 9.64 Å². The van der Waals surface area contributed by atoms with Crippen molar-refractivity contribution in [3.8, 4) is 5.75 Å². The lowest BCUT2D eigenvalue weighted by molar-refractivity contribution is 0.104. The maximum Gasteiger partial charge on any atom is 0.414 e. The number of hydrogen-bond acceptors (Lipinski definition) is 3. The molecule has 0 aromatic heterocycles. The quantitative estimate of drug-likeness (QED) is 0.639. The van der Waals surface area contributed by atoms with E-state index in [2.05, 4.69) is 0 Å². The van der Waals surface area contributed by atoms with Gasteiger partial charge in [0.05, 0.1) is 0 Å². The maximum absolute atomic E-state index is 11.9. The molecule has 0 aliphatic carbocycles. The van der Waals surface area contributed by atoms with E-state index in [1.54, 1.807) is 56.6 Å². The van der Waals surface area contributed by atoms with Crippen molar-refractivity contribution in [2.45, 2.75) is 0 Å². The molecule has 0 heterocycles. The van der Waals surface area contributed by atoms with Crippen LogP contribution in [-0.2, 0) is 0 Å². The zero-order valence-electron chi connectivity index (χ0n) is 12.5. The first-order valence-corrected chi connectivity index (χ1v) is 6.83. The highest BCUT2D eigenvalue weighted by atomic mass is 16.6. The summed E-state index contributed by atoms with van der Waals surface area (Å²) in [6.07, 6.45) is 2.82. The van der Waals surface area contributed by atoms with E-state index in [1.807, 2.05) is 18.2 Å². The highest BCUT2D eigenvalue weighted by Crippen LogP contribution is 2.14. The lowest BCUT2D eigenvalue weighted by Crippen LogP contribution is -2.25. The van der Waals surface area contributed by atoms with Crippen molar-refractivity contribution < 1.29 is 14.3 Å². The van der Waals surface area contributed by atoms with Crippen LogP contribution in [0.25, 0.3) is 6.08 Å². The average Bonchev–Trinajstić information content (AvgIpc) is 2.54. The molecule has 4 heteroatoms. The molecular formula is C18H17NO3. The molecule has 0 aliphatic rings. The van der Waals surface area contributed by atoms with E-state index in [9.17, 15) is 9.59 Å². The van der Waals surface area contributed by atoms with E-state index < -0.39 is 6.09 Å². The molecule has 2 rings (SSSR count). The van der Waals surface area contributed by atoms with Crippen molar-refractivity contribution in [3.05, 3.63) is 71.8 Å². The third-order valence-electron chi connectivity index (χ3n) is 2.94. The molecule has 2 aromatic rings. The number of rotatable bonds is 4. The summed E-state index contributed by atoms with van der Waals surface area (Å²) in [6.45, 7) is 0. The van der Waals surface area contributed by atoms with Crippen LogP contribution in [0.3, 0.4) is 0 Å². The second kappa shape index (κ2) is 7.22. The number of nitrogens with zero attached hydrogens (tertiary/aromatic N) is 1. The summed E-state index contributed by atoms with van der Waals surface area (Å²) >= 11 is 0. The Morgan fingerprint density at radius 1 is 0.955 bits per heavy atom. The van der Waals surface area contributed by atoms with E-state index in [0.717, 1.165) is 5.56 Å². The minimum atomic E-state index is -0.428. The molecule has 0 unspecified atom stereocenters. The highest BCUT2D eigenvalue weighted by molar-refractivity contribution is 6.06. The molecule has 22 heavy (non-hydrogen) atoms. The fraction of sp³-hybridized carbons (Fsp3) is 0.111. The first-order chi connectivity index (χ1) is 10.6. The smallest absolute Gasteiger partial charge is 0.410 e. The molecule has 1 amide bonds. The lowest BCUT2D eigenvalue weighted by atomic mass is 10.1. The molecule has 0 radical (unpaired) electrons. The van der Waals surface area contributed by atoms with Gasteiger partial charge in [-0.25, -0.2) is 4.79 Å². The predicted molar refractivity (Wildman–Crippen MR) is 86.0 cm³/mol. The molecule has 0 atom stereocenters. The summed E-state index contributed by atoms with van der Waals surface area (Å²) in [5, 5.41) is 0. The van der Waals surface area contributed by atoms with Gasteiger partial charge in [0, 0.05) is 19.7 Å². The number of ketones is 1. The minimum Gasteiger partial charge on any atom is -0.410 e. The van der Waals surface area contributed by atoms with Gasteiger partial charge in [-0.15, -0.1) is 0 Å². The second-order valence-corrected chi connectivity index (χ2v) is 4.90. The number of hydrogen-bond donors (Lipinski definition) is 0. The van der Waals surface area contributed by atoms with Crippen LogP contribution >= 0.6 is 0 Å². The van der Waals surface area contributed by atoms with Gasteiger partial charge in [0.1, 0.15) is 5.75 Å². The molecule has 0 N–H and O–H groups in total. The number of amides is 1. The summed E-state index contributed by atoms with van der Waals surface area (Å²) in [6, 6.07) is 16.0. The first-order valence-electron chi connectivity index (χ1n) is 6.83. The van der Waals surface area contributed by atoms with Crippen molar-refractivity contribution >= 4 is 18.0 Å². The highest BCUT2D eigenvalue weighted by Gasteiger charge is 2.06. The summed E-state index contributed by atoms with van der Waals surface area (Å²) in [7, 11) is 3.24. The van der Waals surface area contributed by atoms with E-state index in [-0.39, 0.29) is 5.78 Å². The van der Waals surface area contributed by atoms with Crippen LogP contribution in [-0.4, -0.2) is 30.9 Å². The van der Waals surface area contributed by atoms with Gasteiger partial charge in [-0.2, -0.15) is 0 Å². The lowest BCUT2D eigenvalue weighted by Gasteiger charge is -2.10. The molecule has 0 aliphatic heterocycles. The molecule has 0 saturated heterocycles. The van der Waals surface area contributed by atoms with Gasteiger partial charge in [0.15, 0.2) is 5.78 Å². The van der Waals surface area contributed by atoms with Crippen molar-refractivity contribution in [2.24, 2.45) is 0 Å². The first kappa shape index (κ1) is 15.5. The normalized spacial score (nSPS) is 10.5. The van der Waals surface area contributed by atoms with Gasteiger partial charge in [0.25, 0.3) is 0 Å². The van der Waals surface area contributed by atoms with Crippen molar-refractivity contribution in [2.75, 3.05) is 14.1 Å². The maximum atomic E-state index is 11.9. The van der Waals surface area contributed by atoms with Gasteiger partial charge in [0.2, 0.25) is 0 Å². The molecule has 2 aromatic carbocycles. The van der Waals surface area contributed by atoms with Gasteiger partial charge in [-0.3, -0.25) is 4.79 Å². The van der Waals surface area contributed by atoms with E-state index >= 15 is 0 Å². The van der Waals surface area contributed by atoms with Crippen molar-refractivity contribution in [1.82, 2.24) is 4.90 Å². The Hall–Kier alpha value is -2.88. The number of carbonyl (C=O) groups excluding carboxylic acids is 2. The molecular weight excluding hydrogens is 278 g/mol. The molecule has 0 bridgehead atoms. The molecule has 0 fully saturated rings. The fourth-order valence-corrected chi connectivity index (χ4v) is 1.71. The Labute approximate surface area is 129 Å². The SMILES string of the molecule is CN(C)C(=O)Oc1ccc(C=CC(=O)c2ccccc2)cc1. The molecule has 0 saturated carbocycles. The number of benzene rings is 2. The second-order valence-electron chi connectivity index (χ2n) is 4.90. The van der Waals surface area contributed by atoms with Crippen LogP contribution in [0.5, 0.6) is 5.75 Å². The van der Waals surface area contributed by atoms with E-state index in [4.69, 9.17) is 4.74 Å². The summed E-state index contributed by atoms with van der Waals surface area (Å²) in [4.78, 5) is 24.7. The largest absolute Gasteiger partial charge is 0.414 e. The standard InChI is InChI=1S/C18H17NO3/c1-19(2)18(21)22-16-11-8-14(9-12-16)10-13-17(20)15-6-4-3-5-7-15/h3-13H,1-2H3. The van der Waals surface area contributed by atoms with Gasteiger partial charge >= 0.3 is 6.09 Å². The van der Waals surface area contributed by atoms with Gasteiger partial charge in [-0.1, -0.05) is 48.5 Å². The fourth-order valence-electron chi connectivity index (χ4n) is 1.71. The zero-order chi connectivity index (χ0) is 15.9. The zero-order valence-corrected chi connectivity index (χ0v) is 12.5. The van der Waals surface area contributed by atoms with Gasteiger partial charge in [-0.05, 0) is 23.8 Å². The van der Waals surface area contributed by atoms with Crippen LogP contribution in [0.4, 0.5) is 4.79 Å². The number of allylic oxidation sites excluding steroid dienone is 1. The summed E-state index contributed by atoms with van der Waals surface area (Å²) < 4.78 is 5.12. The predicted octanol–water partition coefficient (Wildman–Crippen LogP) is 3.64. The van der Waals surface area contributed by atoms with Crippen molar-refractivity contribution in [1.29, 1.82) is 0 Å². The third-order valence-corrected chi connectivity index (χ3v) is 2.94. The van der Waals surface area contributed by atoms with Crippen LogP contribution in [0.2, 0.25) is 0 Å². The van der Waals surface area contributed by atoms with Crippen LogP contribution in [0, 0.1) is 0 Å². The topological polar surface area (TPSA) is 46.6 Å². The number of ether oxygens (including phenoxy) is 1. The third kappa shape index (κ3) is 4.31. The van der Waals surface area contributed by atoms with Crippen LogP contribution < -0.4 is 4.74 Å². The van der Waals surface area contributed by atoms with E-state index in [1.165, 1.54) is 11.0 Å². The average molecular weight is 295 g/mol. The number of carbonyl (C=O) groups is 2. The van der Waals surface area contributed by atoms with E-state index in [0.29, 0.717) is 11.3 Å². The van der Waals surface area contributed by atoms with Crippen molar-refractivity contribution in [3.63, 3.8) is 0 Å². The molecule has 112 valence electrons. The Bertz CT molecular complexity index is 673. The monoisotopic (exact) mass is 295 g/mol. The Balaban J connectivity index is 2.01. The molecule has 4 nitrogen and oxygen atoms in total. The Morgan fingerprint density at radius 2 is 1.59 bits per heavy atom. The Kier molecular flexibility index (Phi) is 5.09.